The minimum absolute atomic E-state index is 0.101. The number of H-pyrrole nitrogens is 1. The van der Waals surface area contributed by atoms with Gasteiger partial charge in [0, 0.05) is 12.0 Å². The fourth-order valence-corrected chi connectivity index (χ4v) is 3.79. The van der Waals surface area contributed by atoms with Crippen LogP contribution in [-0.2, 0) is 14.3 Å². The van der Waals surface area contributed by atoms with Gasteiger partial charge < -0.3 is 4.74 Å². The molecule has 132 valence electrons. The molecule has 1 fully saturated rings. The molecule has 0 unspecified atom stereocenters. The summed E-state index contributed by atoms with van der Waals surface area (Å²) in [6.45, 7) is 3.73. The molecule has 0 aliphatic carbocycles. The van der Waals surface area contributed by atoms with Gasteiger partial charge in [0.15, 0.2) is 17.2 Å². The second-order valence-electron chi connectivity index (χ2n) is 6.39. The van der Waals surface area contributed by atoms with Crippen LogP contribution in [0.2, 0.25) is 0 Å². The summed E-state index contributed by atoms with van der Waals surface area (Å²) in [5, 5.41) is 7.52. The molecular formula is C18H21N3O3S. The number of rotatable bonds is 7. The van der Waals surface area contributed by atoms with Gasteiger partial charge in [0.05, 0.1) is 11.7 Å². The van der Waals surface area contributed by atoms with Crippen LogP contribution in [0.5, 0.6) is 0 Å². The Morgan fingerprint density at radius 1 is 1.40 bits per heavy atom. The summed E-state index contributed by atoms with van der Waals surface area (Å²) in [4.78, 5) is 28.9. The van der Waals surface area contributed by atoms with Crippen molar-refractivity contribution in [1.82, 2.24) is 15.2 Å². The Balaban J connectivity index is 1.60. The van der Waals surface area contributed by atoms with Crippen molar-refractivity contribution in [3.63, 3.8) is 0 Å². The van der Waals surface area contributed by atoms with Crippen LogP contribution in [0.3, 0.4) is 0 Å². The number of nitrogens with zero attached hydrogens (tertiary/aromatic N) is 2. The van der Waals surface area contributed by atoms with Gasteiger partial charge in [-0.05, 0) is 13.3 Å². The second kappa shape index (κ2) is 7.39. The third-order valence-electron chi connectivity index (χ3n) is 4.37. The molecule has 1 N–H and O–H groups in total. The number of carbonyl (C=O) groups excluding carboxylic acids is 2. The molecule has 6 nitrogen and oxygen atoms in total. The number of benzene rings is 1. The molecule has 0 amide bonds. The zero-order valence-corrected chi connectivity index (χ0v) is 15.1. The van der Waals surface area contributed by atoms with E-state index < -0.39 is 5.60 Å². The molecule has 1 saturated heterocycles. The van der Waals surface area contributed by atoms with E-state index in [-0.39, 0.29) is 23.4 Å². The summed E-state index contributed by atoms with van der Waals surface area (Å²) in [5.74, 6) is 0.311. The number of Topliss-reactive ketones (excluding diaryl/α,β-unsaturated/α-hetero) is 1. The molecule has 1 aromatic carbocycles. The van der Waals surface area contributed by atoms with Gasteiger partial charge in [-0.1, -0.05) is 55.4 Å². The van der Waals surface area contributed by atoms with Crippen molar-refractivity contribution in [2.24, 2.45) is 5.92 Å². The quantitative estimate of drug-likeness (QED) is 0.603. The Bertz CT molecular complexity index is 762. The molecule has 2 aromatic rings. The number of hydrogen-bond acceptors (Lipinski definition) is 6. The van der Waals surface area contributed by atoms with Gasteiger partial charge in [0.1, 0.15) is 0 Å². The van der Waals surface area contributed by atoms with Crippen molar-refractivity contribution in [3.8, 4) is 11.4 Å². The summed E-state index contributed by atoms with van der Waals surface area (Å²) < 4.78 is 5.39. The maximum Gasteiger partial charge on any atom is 0.310 e. The Morgan fingerprint density at radius 3 is 2.88 bits per heavy atom. The number of ketones is 1. The molecule has 2 heterocycles. The van der Waals surface area contributed by atoms with Crippen LogP contribution in [0.1, 0.15) is 33.1 Å². The normalized spacial score (nSPS) is 22.8. The lowest BCUT2D eigenvalue weighted by Crippen LogP contribution is -2.36. The lowest BCUT2D eigenvalue weighted by molar-refractivity contribution is -0.156. The highest BCUT2D eigenvalue weighted by Gasteiger charge is 2.47. The van der Waals surface area contributed by atoms with E-state index in [1.165, 1.54) is 11.8 Å². The molecule has 1 aliphatic heterocycles. The molecule has 1 aromatic heterocycles. The van der Waals surface area contributed by atoms with Crippen LogP contribution < -0.4 is 0 Å². The highest BCUT2D eigenvalue weighted by molar-refractivity contribution is 7.99. The SMILES string of the molecule is CCC[C@H]1C[C@@](C)(C(=O)CSc2n[nH]c(-c3ccccc3)n2)OC1=O. The van der Waals surface area contributed by atoms with Crippen LogP contribution in [0.15, 0.2) is 35.5 Å². The Morgan fingerprint density at radius 2 is 2.16 bits per heavy atom. The third kappa shape index (κ3) is 3.92. The minimum Gasteiger partial charge on any atom is -0.451 e. The summed E-state index contributed by atoms with van der Waals surface area (Å²) >= 11 is 1.25. The predicted octanol–water partition coefficient (Wildman–Crippen LogP) is 3.25. The number of esters is 1. The average Bonchev–Trinajstić information content (AvgIpc) is 3.19. The Hall–Kier alpha value is -2.15. The van der Waals surface area contributed by atoms with E-state index in [1.807, 2.05) is 37.3 Å². The summed E-state index contributed by atoms with van der Waals surface area (Å²) in [7, 11) is 0. The van der Waals surface area contributed by atoms with Crippen molar-refractivity contribution < 1.29 is 14.3 Å². The monoisotopic (exact) mass is 359 g/mol. The second-order valence-corrected chi connectivity index (χ2v) is 7.33. The number of cyclic esters (lactones) is 1. The summed E-state index contributed by atoms with van der Waals surface area (Å²) in [5.41, 5.74) is -0.0880. The van der Waals surface area contributed by atoms with Gasteiger partial charge in [0.2, 0.25) is 5.16 Å². The number of thioether (sulfide) groups is 1. The largest absolute Gasteiger partial charge is 0.451 e. The van der Waals surface area contributed by atoms with Gasteiger partial charge >= 0.3 is 5.97 Å². The number of ether oxygens (including phenoxy) is 1. The summed E-state index contributed by atoms with van der Waals surface area (Å²) in [6, 6.07) is 9.66. The first kappa shape index (κ1) is 17.7. The van der Waals surface area contributed by atoms with E-state index in [1.54, 1.807) is 6.92 Å². The number of hydrogen-bond donors (Lipinski definition) is 1. The van der Waals surface area contributed by atoms with Crippen LogP contribution >= 0.6 is 11.8 Å². The first-order valence-corrected chi connectivity index (χ1v) is 9.37. The van der Waals surface area contributed by atoms with Gasteiger partial charge in [-0.3, -0.25) is 14.7 Å². The van der Waals surface area contributed by atoms with Crippen LogP contribution in [-0.4, -0.2) is 38.3 Å². The topological polar surface area (TPSA) is 84.9 Å². The molecule has 3 rings (SSSR count). The number of carbonyl (C=O) groups is 2. The maximum absolute atomic E-state index is 12.5. The fraction of sp³-hybridized carbons (Fsp3) is 0.444. The van der Waals surface area contributed by atoms with Crippen LogP contribution in [0, 0.1) is 5.92 Å². The van der Waals surface area contributed by atoms with E-state index >= 15 is 0 Å². The van der Waals surface area contributed by atoms with Crippen molar-refractivity contribution in [2.45, 2.75) is 43.9 Å². The van der Waals surface area contributed by atoms with Crippen molar-refractivity contribution >= 4 is 23.5 Å². The lowest BCUT2D eigenvalue weighted by atomic mass is 9.90. The molecule has 2 atom stereocenters. The molecule has 25 heavy (non-hydrogen) atoms. The molecule has 0 spiro atoms. The molecule has 7 heteroatoms. The summed E-state index contributed by atoms with van der Waals surface area (Å²) in [6.07, 6.45) is 2.12. The first-order chi connectivity index (χ1) is 12.0. The number of nitrogens with one attached hydrogen (secondary N) is 1. The molecule has 0 radical (unpaired) electrons. The zero-order valence-electron chi connectivity index (χ0n) is 14.3. The number of aromatic amines is 1. The van der Waals surface area contributed by atoms with Crippen molar-refractivity contribution in [1.29, 1.82) is 0 Å². The first-order valence-electron chi connectivity index (χ1n) is 8.38. The lowest BCUT2D eigenvalue weighted by Gasteiger charge is -2.20. The standard InChI is InChI=1S/C18H21N3O3S/c1-3-7-13-10-18(2,24-16(13)23)14(22)11-25-17-19-15(20-21-17)12-8-5-4-6-9-12/h4-6,8-9,13H,3,7,10-11H2,1-2H3,(H,19,20,21)/t13-,18-/m0/s1. The van der Waals surface area contributed by atoms with E-state index in [0.29, 0.717) is 17.4 Å². The van der Waals surface area contributed by atoms with Gasteiger partial charge in [-0.15, -0.1) is 5.10 Å². The fourth-order valence-electron chi connectivity index (χ4n) is 2.96. The van der Waals surface area contributed by atoms with E-state index in [4.69, 9.17) is 4.74 Å². The number of aromatic nitrogens is 3. The minimum atomic E-state index is -1.03. The highest BCUT2D eigenvalue weighted by Crippen LogP contribution is 2.35. The maximum atomic E-state index is 12.5. The molecule has 0 bridgehead atoms. The predicted molar refractivity (Wildman–Crippen MR) is 95.1 cm³/mol. The van der Waals surface area contributed by atoms with Gasteiger partial charge in [0.25, 0.3) is 0 Å². The molecular weight excluding hydrogens is 338 g/mol. The molecule has 1 aliphatic rings. The van der Waals surface area contributed by atoms with E-state index in [0.717, 1.165) is 18.4 Å². The van der Waals surface area contributed by atoms with Crippen LogP contribution in [0.4, 0.5) is 0 Å². The van der Waals surface area contributed by atoms with E-state index in [9.17, 15) is 9.59 Å². The Labute approximate surface area is 150 Å². The van der Waals surface area contributed by atoms with Crippen LogP contribution in [0.25, 0.3) is 11.4 Å². The van der Waals surface area contributed by atoms with Crippen molar-refractivity contribution in [3.05, 3.63) is 30.3 Å². The van der Waals surface area contributed by atoms with Gasteiger partial charge in [-0.2, -0.15) is 0 Å². The molecule has 0 saturated carbocycles. The Kier molecular flexibility index (Phi) is 5.22. The van der Waals surface area contributed by atoms with E-state index in [2.05, 4.69) is 15.2 Å². The van der Waals surface area contributed by atoms with Gasteiger partial charge in [-0.25, -0.2) is 4.98 Å². The van der Waals surface area contributed by atoms with Crippen molar-refractivity contribution in [2.75, 3.05) is 5.75 Å². The highest BCUT2D eigenvalue weighted by atomic mass is 32.2. The third-order valence-corrected chi connectivity index (χ3v) is 5.21. The average molecular weight is 359 g/mol. The zero-order chi connectivity index (χ0) is 17.9. The smallest absolute Gasteiger partial charge is 0.310 e.